The number of aromatic nitrogens is 4. The minimum Gasteiger partial charge on any atom is -0.369 e. The number of aryl methyl sites for hydroxylation is 2. The van der Waals surface area contributed by atoms with Gasteiger partial charge in [-0.2, -0.15) is 5.10 Å². The maximum absolute atomic E-state index is 4.84. The fourth-order valence-corrected chi connectivity index (χ4v) is 3.26. The summed E-state index contributed by atoms with van der Waals surface area (Å²) in [6, 6.07) is 0. The number of anilines is 1. The predicted octanol–water partition coefficient (Wildman–Crippen LogP) is 3.49. The lowest BCUT2D eigenvalue weighted by Crippen LogP contribution is -2.09. The zero-order valence-electron chi connectivity index (χ0n) is 12.6. The molecule has 0 aromatic carbocycles. The molecular formula is C15H20IN5. The van der Waals surface area contributed by atoms with Crippen LogP contribution in [0.4, 0.5) is 5.82 Å². The third-order valence-electron chi connectivity index (χ3n) is 3.64. The van der Waals surface area contributed by atoms with Gasteiger partial charge in [-0.3, -0.25) is 4.68 Å². The summed E-state index contributed by atoms with van der Waals surface area (Å²) in [7, 11) is 1.93. The molecule has 1 aliphatic carbocycles. The lowest BCUT2D eigenvalue weighted by molar-refractivity contribution is 0.756. The Labute approximate surface area is 138 Å². The van der Waals surface area contributed by atoms with Crippen molar-refractivity contribution < 1.29 is 0 Å². The van der Waals surface area contributed by atoms with Crippen LogP contribution in [0.2, 0.25) is 0 Å². The first kappa shape index (κ1) is 14.7. The second-order valence-electron chi connectivity index (χ2n) is 5.60. The van der Waals surface area contributed by atoms with Crippen LogP contribution >= 0.6 is 22.6 Å². The third-order valence-corrected chi connectivity index (χ3v) is 4.70. The van der Waals surface area contributed by atoms with Crippen molar-refractivity contribution in [3.8, 4) is 11.4 Å². The summed E-state index contributed by atoms with van der Waals surface area (Å²) >= 11 is 2.38. The molecule has 0 atom stereocenters. The second kappa shape index (κ2) is 5.90. The van der Waals surface area contributed by atoms with Crippen LogP contribution in [0.3, 0.4) is 0 Å². The van der Waals surface area contributed by atoms with Crippen LogP contribution in [0, 0.1) is 10.5 Å². The molecule has 1 N–H and O–H groups in total. The summed E-state index contributed by atoms with van der Waals surface area (Å²) in [6.07, 6.45) is 5.56. The summed E-state index contributed by atoms with van der Waals surface area (Å²) in [6.45, 7) is 5.10. The van der Waals surface area contributed by atoms with Gasteiger partial charge < -0.3 is 5.32 Å². The predicted molar refractivity (Wildman–Crippen MR) is 92.4 cm³/mol. The van der Waals surface area contributed by atoms with Crippen molar-refractivity contribution in [3.63, 3.8) is 0 Å². The van der Waals surface area contributed by atoms with Crippen molar-refractivity contribution in [2.75, 3.05) is 11.9 Å². The highest BCUT2D eigenvalue weighted by atomic mass is 127. The third kappa shape index (κ3) is 3.04. The Hall–Kier alpha value is -1.18. The molecule has 0 spiro atoms. The molecule has 2 aromatic heterocycles. The quantitative estimate of drug-likeness (QED) is 0.785. The summed E-state index contributed by atoms with van der Waals surface area (Å²) < 4.78 is 3.00. The molecule has 1 saturated carbocycles. The van der Waals surface area contributed by atoms with Crippen molar-refractivity contribution >= 4 is 28.4 Å². The molecule has 0 bridgehead atoms. The highest BCUT2D eigenvalue weighted by Gasteiger charge is 2.30. The van der Waals surface area contributed by atoms with Crippen molar-refractivity contribution in [1.82, 2.24) is 19.7 Å². The average Bonchev–Trinajstić information content (AvgIpc) is 3.23. The summed E-state index contributed by atoms with van der Waals surface area (Å²) in [5, 5.41) is 7.84. The fourth-order valence-electron chi connectivity index (χ4n) is 2.39. The minimum absolute atomic E-state index is 0.609. The van der Waals surface area contributed by atoms with E-state index in [9.17, 15) is 0 Å². The molecule has 2 aromatic rings. The van der Waals surface area contributed by atoms with Crippen LogP contribution in [-0.4, -0.2) is 26.3 Å². The van der Waals surface area contributed by atoms with Gasteiger partial charge in [-0.15, -0.1) is 0 Å². The second-order valence-corrected chi connectivity index (χ2v) is 6.68. The number of rotatable bonds is 5. The highest BCUT2D eigenvalue weighted by molar-refractivity contribution is 14.1. The van der Waals surface area contributed by atoms with Crippen molar-refractivity contribution in [2.24, 2.45) is 7.05 Å². The number of nitrogens with zero attached hydrogens (tertiary/aromatic N) is 4. The molecule has 1 aliphatic rings. The van der Waals surface area contributed by atoms with Crippen molar-refractivity contribution in [2.45, 2.75) is 39.0 Å². The van der Waals surface area contributed by atoms with Crippen LogP contribution in [0.25, 0.3) is 11.4 Å². The number of nitrogens with one attached hydrogen (secondary N) is 1. The molecule has 0 radical (unpaired) electrons. The summed E-state index contributed by atoms with van der Waals surface area (Å²) in [5.41, 5.74) is 3.19. The maximum Gasteiger partial charge on any atom is 0.165 e. The zero-order chi connectivity index (χ0) is 15.0. The molecule has 0 amide bonds. The molecule has 1 fully saturated rings. The Kier molecular flexibility index (Phi) is 4.14. The topological polar surface area (TPSA) is 55.6 Å². The number of hydrogen-bond donors (Lipinski definition) is 1. The van der Waals surface area contributed by atoms with Gasteiger partial charge in [-0.05, 0) is 48.8 Å². The van der Waals surface area contributed by atoms with Gasteiger partial charge in [0.05, 0.1) is 20.5 Å². The van der Waals surface area contributed by atoms with E-state index in [1.54, 1.807) is 0 Å². The first-order valence-corrected chi connectivity index (χ1v) is 8.50. The molecule has 112 valence electrons. The average molecular weight is 397 g/mol. The first-order chi connectivity index (χ1) is 10.1. The zero-order valence-corrected chi connectivity index (χ0v) is 14.8. The number of hydrogen-bond acceptors (Lipinski definition) is 4. The van der Waals surface area contributed by atoms with Crippen LogP contribution in [0.1, 0.15) is 43.5 Å². The largest absolute Gasteiger partial charge is 0.369 e. The van der Waals surface area contributed by atoms with Gasteiger partial charge in [0.25, 0.3) is 0 Å². The summed E-state index contributed by atoms with van der Waals surface area (Å²) in [4.78, 5) is 9.58. The minimum atomic E-state index is 0.609. The highest BCUT2D eigenvalue weighted by Crippen LogP contribution is 2.43. The fraction of sp³-hybridized carbons (Fsp3) is 0.533. The van der Waals surface area contributed by atoms with Gasteiger partial charge in [-0.25, -0.2) is 9.97 Å². The van der Waals surface area contributed by atoms with E-state index in [1.807, 2.05) is 24.9 Å². The summed E-state index contributed by atoms with van der Waals surface area (Å²) in [5.74, 6) is 2.37. The van der Waals surface area contributed by atoms with Gasteiger partial charge in [-0.1, -0.05) is 6.92 Å². The smallest absolute Gasteiger partial charge is 0.165 e. The van der Waals surface area contributed by atoms with Gasteiger partial charge >= 0.3 is 0 Å². The van der Waals surface area contributed by atoms with Crippen LogP contribution in [0.15, 0.2) is 6.20 Å². The lowest BCUT2D eigenvalue weighted by Gasteiger charge is -2.12. The van der Waals surface area contributed by atoms with Gasteiger partial charge in [0.15, 0.2) is 5.82 Å². The molecule has 0 saturated heterocycles. The Morgan fingerprint density at radius 2 is 2.14 bits per heavy atom. The Bertz CT molecular complexity index is 660. The van der Waals surface area contributed by atoms with Crippen molar-refractivity contribution in [3.05, 3.63) is 21.2 Å². The standard InChI is InChI=1S/C15H20IN5/c1-4-7-17-15-12(16)13(10-5-6-10)18-14(19-15)11-8-21(3)20-9(11)2/h8,10H,4-7H2,1-3H3,(H,17,18,19). The van der Waals surface area contributed by atoms with E-state index in [1.165, 1.54) is 22.1 Å². The SMILES string of the molecule is CCCNc1nc(-c2cn(C)nc2C)nc(C2CC2)c1I. The van der Waals surface area contributed by atoms with E-state index >= 15 is 0 Å². The van der Waals surface area contributed by atoms with Crippen LogP contribution < -0.4 is 5.32 Å². The molecule has 0 aliphatic heterocycles. The van der Waals surface area contributed by atoms with E-state index < -0.39 is 0 Å². The van der Waals surface area contributed by atoms with E-state index in [0.29, 0.717) is 5.92 Å². The van der Waals surface area contributed by atoms with E-state index in [0.717, 1.165) is 35.9 Å². The maximum atomic E-state index is 4.84. The molecule has 5 nitrogen and oxygen atoms in total. The van der Waals surface area contributed by atoms with Crippen molar-refractivity contribution in [1.29, 1.82) is 0 Å². The van der Waals surface area contributed by atoms with Crippen LogP contribution in [0.5, 0.6) is 0 Å². The Balaban J connectivity index is 2.07. The van der Waals surface area contributed by atoms with Gasteiger partial charge in [0.2, 0.25) is 0 Å². The number of halogens is 1. The molecule has 3 rings (SSSR count). The monoisotopic (exact) mass is 397 g/mol. The molecule has 2 heterocycles. The lowest BCUT2D eigenvalue weighted by atomic mass is 10.2. The molecular weight excluding hydrogens is 377 g/mol. The normalized spacial score (nSPS) is 14.5. The molecule has 6 heteroatoms. The van der Waals surface area contributed by atoms with E-state index in [4.69, 9.17) is 9.97 Å². The van der Waals surface area contributed by atoms with E-state index in [2.05, 4.69) is 39.9 Å². The van der Waals surface area contributed by atoms with E-state index in [-0.39, 0.29) is 0 Å². The molecule has 0 unspecified atom stereocenters. The van der Waals surface area contributed by atoms with Crippen LogP contribution in [-0.2, 0) is 7.05 Å². The Morgan fingerprint density at radius 1 is 1.38 bits per heavy atom. The van der Waals surface area contributed by atoms with Gasteiger partial charge in [0, 0.05) is 25.7 Å². The van der Waals surface area contributed by atoms with Gasteiger partial charge in [0.1, 0.15) is 5.82 Å². The molecule has 21 heavy (non-hydrogen) atoms. The Morgan fingerprint density at radius 3 is 2.71 bits per heavy atom. The first-order valence-electron chi connectivity index (χ1n) is 7.42.